The van der Waals surface area contributed by atoms with Gasteiger partial charge in [0.05, 0.1) is 16.6 Å². The third-order valence-electron chi connectivity index (χ3n) is 3.07. The highest BCUT2D eigenvalue weighted by Gasteiger charge is 2.10. The predicted molar refractivity (Wildman–Crippen MR) is 82.7 cm³/mol. The van der Waals surface area contributed by atoms with Crippen LogP contribution in [0.2, 0.25) is 0 Å². The van der Waals surface area contributed by atoms with Crippen LogP contribution in [0.1, 0.15) is 12.6 Å². The van der Waals surface area contributed by atoms with Gasteiger partial charge < -0.3 is 10.1 Å². The van der Waals surface area contributed by atoms with E-state index < -0.39 is 0 Å². The number of nitrogens with one attached hydrogen (secondary N) is 1. The van der Waals surface area contributed by atoms with Gasteiger partial charge >= 0.3 is 0 Å². The second-order valence-electron chi connectivity index (χ2n) is 4.59. The Balaban J connectivity index is 2.09. The summed E-state index contributed by atoms with van der Waals surface area (Å²) in [4.78, 5) is 13.2. The van der Waals surface area contributed by atoms with Gasteiger partial charge in [-0.2, -0.15) is 4.98 Å². The average Bonchev–Trinajstić information content (AvgIpc) is 2.50. The largest absolute Gasteiger partial charge is 0.436 e. The fourth-order valence-corrected chi connectivity index (χ4v) is 2.04. The normalized spacial score (nSPS) is 10.6. The number of fused-ring (bicyclic) bond motifs is 1. The maximum absolute atomic E-state index is 5.96. The summed E-state index contributed by atoms with van der Waals surface area (Å²) in [6.07, 6.45) is 1.74. The van der Waals surface area contributed by atoms with E-state index in [1.54, 1.807) is 6.20 Å². The molecule has 106 valence electrons. The molecule has 0 bridgehead atoms. The van der Waals surface area contributed by atoms with Crippen molar-refractivity contribution in [2.45, 2.75) is 13.8 Å². The molecule has 0 radical (unpaired) electrons. The second kappa shape index (κ2) is 5.75. The Bertz CT molecular complexity index is 773. The summed E-state index contributed by atoms with van der Waals surface area (Å²) < 4.78 is 5.96. The number of hydrogen-bond acceptors (Lipinski definition) is 5. The summed E-state index contributed by atoms with van der Waals surface area (Å²) in [6, 6.07) is 11.5. The smallest absolute Gasteiger partial charge is 0.232 e. The minimum atomic E-state index is 0.535. The van der Waals surface area contributed by atoms with Crippen LogP contribution in [0.3, 0.4) is 0 Å². The van der Waals surface area contributed by atoms with Crippen LogP contribution in [0, 0.1) is 6.92 Å². The number of pyridine rings is 1. The highest BCUT2D eigenvalue weighted by Crippen LogP contribution is 2.29. The molecule has 2 aromatic heterocycles. The van der Waals surface area contributed by atoms with Gasteiger partial charge in [-0.3, -0.25) is 4.98 Å². The molecule has 3 aromatic rings. The number of para-hydroxylation sites is 1. The molecule has 3 rings (SSSR count). The zero-order chi connectivity index (χ0) is 14.7. The highest BCUT2D eigenvalue weighted by molar-refractivity contribution is 5.84. The Morgan fingerprint density at radius 1 is 1.10 bits per heavy atom. The van der Waals surface area contributed by atoms with Gasteiger partial charge in [0.2, 0.25) is 11.8 Å². The molecule has 5 heteroatoms. The molecule has 0 saturated carbocycles. The van der Waals surface area contributed by atoms with Crippen molar-refractivity contribution in [1.82, 2.24) is 15.0 Å². The van der Waals surface area contributed by atoms with E-state index in [4.69, 9.17) is 4.74 Å². The standard InChI is InChI=1S/C16H16N4O/c1-3-17-16-19-13-8-5-4-7-12(13)15(20-16)21-14-9-6-10-18-11(14)2/h4-10H,3H2,1-2H3,(H,17,19,20). The Morgan fingerprint density at radius 2 is 1.95 bits per heavy atom. The number of aryl methyl sites for hydroxylation is 1. The lowest BCUT2D eigenvalue weighted by atomic mass is 10.2. The van der Waals surface area contributed by atoms with Crippen molar-refractivity contribution in [3.8, 4) is 11.6 Å². The zero-order valence-electron chi connectivity index (χ0n) is 12.0. The van der Waals surface area contributed by atoms with Gasteiger partial charge in [0, 0.05) is 12.7 Å². The Labute approximate surface area is 123 Å². The SMILES string of the molecule is CCNc1nc(Oc2cccnc2C)c2ccccc2n1. The summed E-state index contributed by atoms with van der Waals surface area (Å²) in [7, 11) is 0. The molecular weight excluding hydrogens is 264 g/mol. The molecule has 0 amide bonds. The first kappa shape index (κ1) is 13.3. The predicted octanol–water partition coefficient (Wildman–Crippen LogP) is 3.56. The van der Waals surface area contributed by atoms with Crippen LogP contribution in [0.5, 0.6) is 11.6 Å². The molecule has 1 aromatic carbocycles. The van der Waals surface area contributed by atoms with Gasteiger partial charge in [0.15, 0.2) is 5.75 Å². The molecule has 21 heavy (non-hydrogen) atoms. The first-order valence-corrected chi connectivity index (χ1v) is 6.88. The lowest BCUT2D eigenvalue weighted by Crippen LogP contribution is -2.04. The molecule has 0 aliphatic rings. The fourth-order valence-electron chi connectivity index (χ4n) is 2.04. The van der Waals surface area contributed by atoms with Gasteiger partial charge in [0.25, 0.3) is 0 Å². The van der Waals surface area contributed by atoms with Crippen LogP contribution in [0.15, 0.2) is 42.6 Å². The number of hydrogen-bond donors (Lipinski definition) is 1. The first-order valence-electron chi connectivity index (χ1n) is 6.88. The summed E-state index contributed by atoms with van der Waals surface area (Å²) in [5.41, 5.74) is 1.67. The Morgan fingerprint density at radius 3 is 2.76 bits per heavy atom. The molecule has 2 heterocycles. The van der Waals surface area contributed by atoms with Gasteiger partial charge in [-0.15, -0.1) is 0 Å². The molecule has 5 nitrogen and oxygen atoms in total. The van der Waals surface area contributed by atoms with Crippen LogP contribution in [-0.2, 0) is 0 Å². The van der Waals surface area contributed by atoms with E-state index >= 15 is 0 Å². The van der Waals surface area contributed by atoms with Crippen molar-refractivity contribution in [3.63, 3.8) is 0 Å². The monoisotopic (exact) mass is 280 g/mol. The highest BCUT2D eigenvalue weighted by atomic mass is 16.5. The number of aromatic nitrogens is 3. The number of anilines is 1. The second-order valence-corrected chi connectivity index (χ2v) is 4.59. The van der Waals surface area contributed by atoms with E-state index in [1.807, 2.05) is 50.2 Å². The van der Waals surface area contributed by atoms with E-state index in [0.29, 0.717) is 17.6 Å². The third-order valence-corrected chi connectivity index (χ3v) is 3.07. The van der Waals surface area contributed by atoms with Crippen LogP contribution in [0.25, 0.3) is 10.9 Å². The molecule has 1 N–H and O–H groups in total. The summed E-state index contributed by atoms with van der Waals surface area (Å²) in [6.45, 7) is 4.66. The topological polar surface area (TPSA) is 59.9 Å². The minimum Gasteiger partial charge on any atom is -0.436 e. The fraction of sp³-hybridized carbons (Fsp3) is 0.188. The van der Waals surface area contributed by atoms with E-state index in [2.05, 4.69) is 20.3 Å². The number of nitrogens with zero attached hydrogens (tertiary/aromatic N) is 3. The Kier molecular flexibility index (Phi) is 3.64. The minimum absolute atomic E-state index is 0.535. The van der Waals surface area contributed by atoms with E-state index in [-0.39, 0.29) is 0 Å². The first-order chi connectivity index (χ1) is 10.3. The lowest BCUT2D eigenvalue weighted by Gasteiger charge is -2.11. The van der Waals surface area contributed by atoms with E-state index in [0.717, 1.165) is 23.1 Å². The van der Waals surface area contributed by atoms with Crippen molar-refractivity contribution in [2.75, 3.05) is 11.9 Å². The van der Waals surface area contributed by atoms with Gasteiger partial charge in [-0.25, -0.2) is 4.98 Å². The molecule has 0 aliphatic heterocycles. The van der Waals surface area contributed by atoms with Crippen molar-refractivity contribution in [2.24, 2.45) is 0 Å². The van der Waals surface area contributed by atoms with Crippen molar-refractivity contribution in [1.29, 1.82) is 0 Å². The van der Waals surface area contributed by atoms with Crippen molar-refractivity contribution < 1.29 is 4.74 Å². The van der Waals surface area contributed by atoms with E-state index in [9.17, 15) is 0 Å². The molecule has 0 fully saturated rings. The van der Waals surface area contributed by atoms with Crippen LogP contribution >= 0.6 is 0 Å². The third kappa shape index (κ3) is 2.76. The zero-order valence-corrected chi connectivity index (χ0v) is 12.0. The van der Waals surface area contributed by atoms with Gasteiger partial charge in [-0.1, -0.05) is 12.1 Å². The maximum atomic E-state index is 5.96. The summed E-state index contributed by atoms with van der Waals surface area (Å²) in [5, 5.41) is 4.00. The lowest BCUT2D eigenvalue weighted by molar-refractivity contribution is 0.462. The molecule has 0 aliphatic carbocycles. The van der Waals surface area contributed by atoms with Gasteiger partial charge in [0.1, 0.15) is 0 Å². The average molecular weight is 280 g/mol. The summed E-state index contributed by atoms with van der Waals surface area (Å²) in [5.74, 6) is 1.80. The molecule has 0 unspecified atom stereocenters. The molecule has 0 spiro atoms. The molecule has 0 saturated heterocycles. The summed E-state index contributed by atoms with van der Waals surface area (Å²) >= 11 is 0. The maximum Gasteiger partial charge on any atom is 0.232 e. The Hall–Kier alpha value is -2.69. The van der Waals surface area contributed by atoms with Crippen molar-refractivity contribution in [3.05, 3.63) is 48.3 Å². The number of rotatable bonds is 4. The van der Waals surface area contributed by atoms with Gasteiger partial charge in [-0.05, 0) is 38.1 Å². The van der Waals surface area contributed by atoms with E-state index in [1.165, 1.54) is 0 Å². The van der Waals surface area contributed by atoms with Crippen molar-refractivity contribution >= 4 is 16.9 Å². The quantitative estimate of drug-likeness (QED) is 0.791. The number of ether oxygens (including phenoxy) is 1. The van der Waals surface area contributed by atoms with Crippen LogP contribution in [-0.4, -0.2) is 21.5 Å². The molecular formula is C16H16N4O. The number of benzene rings is 1. The molecule has 0 atom stereocenters. The van der Waals surface area contributed by atoms with Crippen LogP contribution < -0.4 is 10.1 Å². The van der Waals surface area contributed by atoms with Crippen LogP contribution in [0.4, 0.5) is 5.95 Å².